The molecule has 20 heavy (non-hydrogen) atoms. The van der Waals surface area contributed by atoms with E-state index >= 15 is 0 Å². The van der Waals surface area contributed by atoms with Crippen LogP contribution >= 0.6 is 0 Å². The van der Waals surface area contributed by atoms with E-state index in [0.29, 0.717) is 12.5 Å². The standard InChI is InChI=1S/C14H16N2O4/c17-11-5-6-13(16(19)20)12(7-11)14(18)15(10-3-4-10)8-9-1-2-9/h5-7,9-10,17H,1-4,8H2. The highest BCUT2D eigenvalue weighted by Crippen LogP contribution is 2.36. The molecule has 0 heterocycles. The summed E-state index contributed by atoms with van der Waals surface area (Å²) in [6.45, 7) is 0.677. The molecule has 0 radical (unpaired) electrons. The molecule has 0 atom stereocenters. The van der Waals surface area contributed by atoms with E-state index in [1.165, 1.54) is 18.2 Å². The number of amides is 1. The van der Waals surface area contributed by atoms with Gasteiger partial charge in [-0.3, -0.25) is 14.9 Å². The van der Waals surface area contributed by atoms with Crippen LogP contribution in [0.4, 0.5) is 5.69 Å². The first-order valence-corrected chi connectivity index (χ1v) is 6.84. The van der Waals surface area contributed by atoms with Crippen LogP contribution in [0.3, 0.4) is 0 Å². The number of carbonyl (C=O) groups is 1. The number of phenols is 1. The zero-order valence-electron chi connectivity index (χ0n) is 11.0. The van der Waals surface area contributed by atoms with E-state index < -0.39 is 4.92 Å². The molecule has 1 amide bonds. The summed E-state index contributed by atoms with van der Waals surface area (Å²) in [5, 5.41) is 20.5. The summed E-state index contributed by atoms with van der Waals surface area (Å²) >= 11 is 0. The average Bonchev–Trinajstić information content (AvgIpc) is 3.26. The van der Waals surface area contributed by atoms with Gasteiger partial charge in [-0.15, -0.1) is 0 Å². The smallest absolute Gasteiger partial charge is 0.282 e. The molecule has 106 valence electrons. The van der Waals surface area contributed by atoms with Gasteiger partial charge < -0.3 is 10.0 Å². The Morgan fingerprint density at radius 1 is 1.35 bits per heavy atom. The monoisotopic (exact) mass is 276 g/mol. The van der Waals surface area contributed by atoms with Gasteiger partial charge in [-0.25, -0.2) is 0 Å². The summed E-state index contributed by atoms with van der Waals surface area (Å²) < 4.78 is 0. The zero-order chi connectivity index (χ0) is 14.3. The van der Waals surface area contributed by atoms with Crippen molar-refractivity contribution in [2.45, 2.75) is 31.7 Å². The van der Waals surface area contributed by atoms with E-state index in [-0.39, 0.29) is 28.9 Å². The number of hydrogen-bond donors (Lipinski definition) is 1. The maximum Gasteiger partial charge on any atom is 0.282 e. The van der Waals surface area contributed by atoms with Crippen LogP contribution in [0.1, 0.15) is 36.0 Å². The van der Waals surface area contributed by atoms with Crippen LogP contribution in [-0.2, 0) is 0 Å². The fraction of sp³-hybridized carbons (Fsp3) is 0.500. The maximum absolute atomic E-state index is 12.6. The molecule has 2 fully saturated rings. The molecule has 6 heteroatoms. The molecule has 2 saturated carbocycles. The Morgan fingerprint density at radius 2 is 2.05 bits per heavy atom. The molecule has 0 saturated heterocycles. The van der Waals surface area contributed by atoms with Gasteiger partial charge in [0.2, 0.25) is 0 Å². The number of benzene rings is 1. The number of rotatable bonds is 5. The van der Waals surface area contributed by atoms with Crippen LogP contribution < -0.4 is 0 Å². The summed E-state index contributed by atoms with van der Waals surface area (Å²) in [6, 6.07) is 3.83. The lowest BCUT2D eigenvalue weighted by Crippen LogP contribution is -2.35. The average molecular weight is 276 g/mol. The van der Waals surface area contributed by atoms with E-state index in [9.17, 15) is 20.0 Å². The van der Waals surface area contributed by atoms with Crippen LogP contribution in [-0.4, -0.2) is 33.4 Å². The maximum atomic E-state index is 12.6. The summed E-state index contributed by atoms with van der Waals surface area (Å²) in [5.41, 5.74) is -0.253. The first kappa shape index (κ1) is 12.9. The summed E-state index contributed by atoms with van der Waals surface area (Å²) in [5.74, 6) is 0.0824. The number of nitro benzene ring substituents is 1. The van der Waals surface area contributed by atoms with Crippen molar-refractivity contribution >= 4 is 11.6 Å². The Morgan fingerprint density at radius 3 is 2.60 bits per heavy atom. The molecule has 1 aromatic rings. The third-order valence-electron chi connectivity index (χ3n) is 3.81. The fourth-order valence-electron chi connectivity index (χ4n) is 2.37. The Kier molecular flexibility index (Phi) is 3.08. The SMILES string of the molecule is O=C(c1cc(O)ccc1[N+](=O)[O-])N(CC1CC1)C1CC1. The minimum atomic E-state index is -0.575. The molecular formula is C14H16N2O4. The molecule has 2 aliphatic rings. The van der Waals surface area contributed by atoms with Crippen molar-refractivity contribution in [2.24, 2.45) is 5.92 Å². The predicted molar refractivity (Wildman–Crippen MR) is 71.5 cm³/mol. The van der Waals surface area contributed by atoms with Gasteiger partial charge >= 0.3 is 0 Å². The molecule has 6 nitrogen and oxygen atoms in total. The van der Waals surface area contributed by atoms with Gasteiger partial charge in [-0.2, -0.15) is 0 Å². The number of carbonyl (C=O) groups excluding carboxylic acids is 1. The second kappa shape index (κ2) is 4.77. The Labute approximate surface area is 116 Å². The molecule has 3 rings (SSSR count). The van der Waals surface area contributed by atoms with Crippen LogP contribution in [0, 0.1) is 16.0 Å². The normalized spacial score (nSPS) is 17.8. The lowest BCUT2D eigenvalue weighted by molar-refractivity contribution is -0.385. The molecule has 2 aliphatic carbocycles. The van der Waals surface area contributed by atoms with E-state index in [1.54, 1.807) is 4.90 Å². The lowest BCUT2D eigenvalue weighted by Gasteiger charge is -2.22. The van der Waals surface area contributed by atoms with Gasteiger partial charge in [-0.05, 0) is 43.7 Å². The first-order chi connectivity index (χ1) is 9.56. The lowest BCUT2D eigenvalue weighted by atomic mass is 10.1. The van der Waals surface area contributed by atoms with Crippen LogP contribution in [0.15, 0.2) is 18.2 Å². The van der Waals surface area contributed by atoms with Crippen molar-refractivity contribution in [2.75, 3.05) is 6.54 Å². The molecule has 0 bridgehead atoms. The van der Waals surface area contributed by atoms with Gasteiger partial charge in [0.1, 0.15) is 11.3 Å². The highest BCUT2D eigenvalue weighted by atomic mass is 16.6. The zero-order valence-corrected chi connectivity index (χ0v) is 11.0. The molecule has 0 aliphatic heterocycles. The number of phenolic OH excluding ortho intramolecular Hbond substituents is 1. The van der Waals surface area contributed by atoms with Gasteiger partial charge in [0, 0.05) is 18.7 Å². The Hall–Kier alpha value is -2.11. The van der Waals surface area contributed by atoms with E-state index in [2.05, 4.69) is 0 Å². The van der Waals surface area contributed by atoms with Crippen LogP contribution in [0.25, 0.3) is 0 Å². The van der Waals surface area contributed by atoms with Crippen molar-refractivity contribution in [1.29, 1.82) is 0 Å². The third-order valence-corrected chi connectivity index (χ3v) is 3.81. The third kappa shape index (κ3) is 2.59. The summed E-state index contributed by atoms with van der Waals surface area (Å²) in [6.07, 6.45) is 4.17. The van der Waals surface area contributed by atoms with E-state index in [4.69, 9.17) is 0 Å². The van der Waals surface area contributed by atoms with Crippen LogP contribution in [0.2, 0.25) is 0 Å². The van der Waals surface area contributed by atoms with E-state index in [0.717, 1.165) is 25.7 Å². The van der Waals surface area contributed by atoms with Crippen molar-refractivity contribution in [1.82, 2.24) is 4.90 Å². The molecule has 0 unspecified atom stereocenters. The highest BCUT2D eigenvalue weighted by molar-refractivity contribution is 5.99. The van der Waals surface area contributed by atoms with Gasteiger partial charge in [0.05, 0.1) is 4.92 Å². The summed E-state index contributed by atoms with van der Waals surface area (Å²) in [7, 11) is 0. The minimum Gasteiger partial charge on any atom is -0.508 e. The topological polar surface area (TPSA) is 83.7 Å². The first-order valence-electron chi connectivity index (χ1n) is 6.84. The van der Waals surface area contributed by atoms with Gasteiger partial charge in [0.25, 0.3) is 11.6 Å². The van der Waals surface area contributed by atoms with Crippen molar-refractivity contribution in [3.05, 3.63) is 33.9 Å². The number of nitro groups is 1. The second-order valence-corrected chi connectivity index (χ2v) is 5.59. The quantitative estimate of drug-likeness (QED) is 0.660. The number of nitrogens with zero attached hydrogens (tertiary/aromatic N) is 2. The molecular weight excluding hydrogens is 260 g/mol. The van der Waals surface area contributed by atoms with Crippen LogP contribution in [0.5, 0.6) is 5.75 Å². The molecule has 1 N–H and O–H groups in total. The largest absolute Gasteiger partial charge is 0.508 e. The second-order valence-electron chi connectivity index (χ2n) is 5.59. The number of aromatic hydroxyl groups is 1. The highest BCUT2D eigenvalue weighted by Gasteiger charge is 2.38. The van der Waals surface area contributed by atoms with E-state index in [1.807, 2.05) is 0 Å². The van der Waals surface area contributed by atoms with Gasteiger partial charge in [0.15, 0.2) is 0 Å². The number of hydrogen-bond acceptors (Lipinski definition) is 4. The molecule has 0 aromatic heterocycles. The summed E-state index contributed by atoms with van der Waals surface area (Å²) in [4.78, 5) is 24.8. The Bertz CT molecular complexity index is 564. The van der Waals surface area contributed by atoms with Crippen molar-refractivity contribution in [3.63, 3.8) is 0 Å². The molecule has 0 spiro atoms. The van der Waals surface area contributed by atoms with Crippen molar-refractivity contribution < 1.29 is 14.8 Å². The molecule has 1 aromatic carbocycles. The van der Waals surface area contributed by atoms with Crippen molar-refractivity contribution in [3.8, 4) is 5.75 Å². The van der Waals surface area contributed by atoms with Gasteiger partial charge in [-0.1, -0.05) is 0 Å². The predicted octanol–water partition coefficient (Wildman–Crippen LogP) is 2.32. The fourth-order valence-corrected chi connectivity index (χ4v) is 2.37. The minimum absolute atomic E-state index is 0.0115. The Balaban J connectivity index is 1.90.